The lowest BCUT2D eigenvalue weighted by atomic mass is 9.95. The van der Waals surface area contributed by atoms with Gasteiger partial charge in [0.25, 0.3) is 5.78 Å². The lowest BCUT2D eigenvalue weighted by molar-refractivity contribution is -0.132. The molecule has 1 aliphatic heterocycles. The van der Waals surface area contributed by atoms with Crippen molar-refractivity contribution in [1.29, 1.82) is 0 Å². The third-order valence-corrected chi connectivity index (χ3v) is 9.15. The minimum atomic E-state index is -1.01. The van der Waals surface area contributed by atoms with Gasteiger partial charge in [-0.2, -0.15) is 0 Å². The Balaban J connectivity index is 1.58. The van der Waals surface area contributed by atoms with Crippen LogP contribution in [0.4, 0.5) is 5.13 Å². The van der Waals surface area contributed by atoms with Crippen molar-refractivity contribution in [2.75, 3.05) is 24.7 Å². The van der Waals surface area contributed by atoms with Crippen molar-refractivity contribution in [3.05, 3.63) is 94.0 Å². The number of amides is 1. The normalized spacial score (nSPS) is 15.9. The van der Waals surface area contributed by atoms with Crippen LogP contribution in [0.1, 0.15) is 43.5 Å². The monoisotopic (exact) mass is 651 g/mol. The predicted octanol–water partition coefficient (Wildman–Crippen LogP) is 7.31. The molecule has 1 amide bonds. The molecule has 9 nitrogen and oxygen atoms in total. The zero-order chi connectivity index (χ0) is 31.2. The number of hydrogen-bond donors (Lipinski definition) is 1. The van der Waals surface area contributed by atoms with Crippen molar-refractivity contribution in [1.82, 2.24) is 10.2 Å². The molecular formula is C32H30ClN3O6S2. The summed E-state index contributed by atoms with van der Waals surface area (Å²) in [6.07, 6.45) is 0. The third kappa shape index (κ3) is 6.54. The van der Waals surface area contributed by atoms with Gasteiger partial charge in [0.15, 0.2) is 15.8 Å². The number of rotatable bonds is 12. The van der Waals surface area contributed by atoms with Gasteiger partial charge in [0.05, 0.1) is 31.4 Å². The fourth-order valence-corrected chi connectivity index (χ4v) is 6.88. The van der Waals surface area contributed by atoms with Crippen molar-refractivity contribution in [2.45, 2.75) is 36.9 Å². The molecule has 44 heavy (non-hydrogen) atoms. The van der Waals surface area contributed by atoms with Crippen molar-refractivity contribution in [3.63, 3.8) is 0 Å². The van der Waals surface area contributed by atoms with Gasteiger partial charge in [-0.05, 0) is 74.4 Å². The molecule has 5 rings (SSSR count). The molecule has 3 aromatic carbocycles. The molecule has 1 aliphatic rings. The van der Waals surface area contributed by atoms with E-state index < -0.39 is 17.7 Å². The van der Waals surface area contributed by atoms with Crippen molar-refractivity contribution in [2.24, 2.45) is 0 Å². The number of carbonyl (C=O) groups is 2. The number of nitrogens with zero attached hydrogens (tertiary/aromatic N) is 3. The maximum atomic E-state index is 13.7. The summed E-state index contributed by atoms with van der Waals surface area (Å²) in [5.74, 6) is 0.155. The molecule has 12 heteroatoms. The Bertz CT molecular complexity index is 1690. The van der Waals surface area contributed by atoms with Crippen LogP contribution in [0.25, 0.3) is 5.76 Å². The van der Waals surface area contributed by atoms with Crippen LogP contribution in [0.3, 0.4) is 0 Å². The van der Waals surface area contributed by atoms with E-state index in [1.807, 2.05) is 45.0 Å². The zero-order valence-electron chi connectivity index (χ0n) is 24.3. The van der Waals surface area contributed by atoms with E-state index >= 15 is 0 Å². The Labute approximate surface area is 268 Å². The molecular weight excluding hydrogens is 622 g/mol. The van der Waals surface area contributed by atoms with E-state index in [9.17, 15) is 14.7 Å². The van der Waals surface area contributed by atoms with Crippen LogP contribution in [-0.4, -0.2) is 46.8 Å². The first kappa shape index (κ1) is 31.4. The van der Waals surface area contributed by atoms with Crippen LogP contribution in [0.15, 0.2) is 76.6 Å². The number of aliphatic hydroxyl groups excluding tert-OH is 1. The molecule has 0 radical (unpaired) electrons. The minimum absolute atomic E-state index is 0.0776. The summed E-state index contributed by atoms with van der Waals surface area (Å²) >= 11 is 8.91. The number of anilines is 1. The summed E-state index contributed by atoms with van der Waals surface area (Å²) in [6.45, 7) is 6.87. The number of Topliss-reactive ketones (excluding diaryl/α,β-unsaturated/α-hetero) is 1. The van der Waals surface area contributed by atoms with Gasteiger partial charge in [-0.25, -0.2) is 0 Å². The molecule has 0 bridgehead atoms. The summed E-state index contributed by atoms with van der Waals surface area (Å²) < 4.78 is 17.7. The average Bonchev–Trinajstić information content (AvgIpc) is 3.60. The third-order valence-electron chi connectivity index (χ3n) is 6.68. The lowest BCUT2D eigenvalue weighted by Gasteiger charge is -2.23. The van der Waals surface area contributed by atoms with Gasteiger partial charge in [0.1, 0.15) is 11.5 Å². The van der Waals surface area contributed by atoms with Crippen LogP contribution < -0.4 is 19.1 Å². The summed E-state index contributed by atoms with van der Waals surface area (Å²) in [5.41, 5.74) is 1.75. The number of benzene rings is 3. The number of halogens is 1. The largest absolute Gasteiger partial charge is 0.507 e. The number of hydrogen-bond acceptors (Lipinski definition) is 10. The minimum Gasteiger partial charge on any atom is -0.507 e. The molecule has 1 N–H and O–H groups in total. The van der Waals surface area contributed by atoms with Gasteiger partial charge in [0, 0.05) is 16.3 Å². The number of carbonyl (C=O) groups excluding carboxylic acids is 2. The highest BCUT2D eigenvalue weighted by Crippen LogP contribution is 2.46. The summed E-state index contributed by atoms with van der Waals surface area (Å²) in [5, 5.41) is 20.9. The van der Waals surface area contributed by atoms with Crippen LogP contribution >= 0.6 is 34.7 Å². The Morgan fingerprint density at radius 1 is 0.932 bits per heavy atom. The Morgan fingerprint density at radius 2 is 1.64 bits per heavy atom. The Kier molecular flexibility index (Phi) is 10.1. The van der Waals surface area contributed by atoms with Crippen LogP contribution in [0.2, 0.25) is 5.02 Å². The molecule has 4 aromatic rings. The van der Waals surface area contributed by atoms with Crippen LogP contribution in [0, 0.1) is 0 Å². The second kappa shape index (κ2) is 14.1. The van der Waals surface area contributed by atoms with E-state index in [1.165, 1.54) is 28.0 Å². The van der Waals surface area contributed by atoms with Crippen LogP contribution in [-0.2, 0) is 15.3 Å². The van der Waals surface area contributed by atoms with E-state index in [2.05, 4.69) is 10.2 Å². The fourth-order valence-electron chi connectivity index (χ4n) is 4.73. The molecule has 1 saturated heterocycles. The van der Waals surface area contributed by atoms with Gasteiger partial charge < -0.3 is 19.3 Å². The van der Waals surface area contributed by atoms with E-state index in [4.69, 9.17) is 25.8 Å². The number of ether oxygens (including phenoxy) is 3. The number of thioether (sulfide) groups is 1. The molecule has 0 saturated carbocycles. The molecule has 2 heterocycles. The Morgan fingerprint density at radius 3 is 2.34 bits per heavy atom. The molecule has 0 aliphatic carbocycles. The molecule has 228 valence electrons. The maximum Gasteiger partial charge on any atom is 0.301 e. The molecule has 1 fully saturated rings. The first-order chi connectivity index (χ1) is 21.4. The highest BCUT2D eigenvalue weighted by Gasteiger charge is 2.48. The van der Waals surface area contributed by atoms with Gasteiger partial charge >= 0.3 is 5.91 Å². The van der Waals surface area contributed by atoms with Gasteiger partial charge in [-0.15, -0.1) is 10.2 Å². The molecule has 1 aromatic heterocycles. The van der Waals surface area contributed by atoms with E-state index in [0.717, 1.165) is 5.56 Å². The van der Waals surface area contributed by atoms with Crippen molar-refractivity contribution in [3.8, 4) is 17.2 Å². The summed E-state index contributed by atoms with van der Waals surface area (Å²) in [4.78, 5) is 28.6. The molecule has 1 atom stereocenters. The van der Waals surface area contributed by atoms with Crippen molar-refractivity contribution < 1.29 is 28.9 Å². The molecule has 0 spiro atoms. The highest BCUT2D eigenvalue weighted by atomic mass is 35.5. The van der Waals surface area contributed by atoms with E-state index in [1.54, 1.807) is 42.5 Å². The Hall–Kier alpha value is -4.06. The first-order valence-electron chi connectivity index (χ1n) is 14.0. The zero-order valence-corrected chi connectivity index (χ0v) is 26.7. The number of aliphatic hydroxyl groups is 1. The van der Waals surface area contributed by atoms with Crippen molar-refractivity contribution >= 4 is 57.3 Å². The lowest BCUT2D eigenvalue weighted by Crippen LogP contribution is -2.29. The fraction of sp³-hybridized carbons (Fsp3) is 0.250. The topological polar surface area (TPSA) is 111 Å². The second-order valence-corrected chi connectivity index (χ2v) is 12.0. The number of ketones is 1. The highest BCUT2D eigenvalue weighted by molar-refractivity contribution is 8.00. The second-order valence-electron chi connectivity index (χ2n) is 9.43. The van der Waals surface area contributed by atoms with Gasteiger partial charge in [-0.3, -0.25) is 14.5 Å². The van der Waals surface area contributed by atoms with Gasteiger partial charge in [0.2, 0.25) is 5.13 Å². The van der Waals surface area contributed by atoms with E-state index in [0.29, 0.717) is 63.3 Å². The summed E-state index contributed by atoms with van der Waals surface area (Å²) in [6, 6.07) is 18.4. The number of aromatic nitrogens is 2. The average molecular weight is 652 g/mol. The quantitative estimate of drug-likeness (QED) is 0.0554. The maximum absolute atomic E-state index is 13.7. The smallest absolute Gasteiger partial charge is 0.301 e. The van der Waals surface area contributed by atoms with Crippen LogP contribution in [0.5, 0.6) is 17.2 Å². The first-order valence-corrected chi connectivity index (χ1v) is 16.2. The van der Waals surface area contributed by atoms with Gasteiger partial charge in [-0.1, -0.05) is 59.0 Å². The molecule has 1 unspecified atom stereocenters. The summed E-state index contributed by atoms with van der Waals surface area (Å²) in [7, 11) is 0. The predicted molar refractivity (Wildman–Crippen MR) is 172 cm³/mol. The standard InChI is InChI=1S/C32H30ClN3O6S2/c1-4-40-22-14-11-19(12-15-22)28(37)26-27(20-13-16-24(41-5-2)25(17-20)42-6-3)36(30(39)29(26)38)31-34-35-32(44-31)43-18-21-9-7-8-10-23(21)33/h7-17,27,37H,4-6,18H2,1-3H3/b28-26+. The van der Waals surface area contributed by atoms with E-state index in [-0.39, 0.29) is 16.5 Å². The SMILES string of the molecule is CCOc1ccc(/C(O)=C2\C(=O)C(=O)N(c3nnc(SCc4ccccc4Cl)s3)C2c2ccc(OCC)c(OCC)c2)cc1.